The average molecular weight is 689 g/mol. The second-order valence-corrected chi connectivity index (χ2v) is 14.2. The molecule has 2 rings (SSSR count). The summed E-state index contributed by atoms with van der Waals surface area (Å²) in [6.07, 6.45) is -6.00. The van der Waals surface area contributed by atoms with Crippen molar-refractivity contribution in [2.45, 2.75) is 98.1 Å². The van der Waals surface area contributed by atoms with E-state index in [0.29, 0.717) is 6.54 Å². The summed E-state index contributed by atoms with van der Waals surface area (Å²) in [6.45, 7) is 17.0. The van der Waals surface area contributed by atoms with Crippen molar-refractivity contribution in [3.05, 3.63) is 12.7 Å². The molecule has 0 bridgehead atoms. The zero-order chi connectivity index (χ0) is 36.6. The van der Waals surface area contributed by atoms with Gasteiger partial charge >= 0.3 is 18.3 Å². The Bertz CT molecular complexity index is 1200. The molecule has 0 spiro atoms. The zero-order valence-corrected chi connectivity index (χ0v) is 28.9. The number of halogens is 3. The largest absolute Gasteiger partial charge is 0.448 e. The van der Waals surface area contributed by atoms with Crippen LogP contribution in [0.3, 0.4) is 0 Å². The number of nitrogens with one attached hydrogen (secondary N) is 4. The van der Waals surface area contributed by atoms with Crippen LogP contribution in [0.15, 0.2) is 12.7 Å². The number of amides is 6. The molecule has 0 aromatic heterocycles. The average Bonchev–Trinajstić information content (AvgIpc) is 3.61. The van der Waals surface area contributed by atoms with E-state index in [2.05, 4.69) is 27.8 Å². The number of alkyl halides is 3. The summed E-state index contributed by atoms with van der Waals surface area (Å²) < 4.78 is 44.3. The molecule has 0 radical (unpaired) electrons. The number of carbonyl (C=O) groups is 6. The number of hydrogen-bond donors (Lipinski definition) is 4. The number of rotatable bonds is 15. The van der Waals surface area contributed by atoms with E-state index in [1.54, 1.807) is 20.8 Å². The van der Waals surface area contributed by atoms with Gasteiger partial charge in [-0.2, -0.15) is 13.2 Å². The highest BCUT2D eigenvalue weighted by molar-refractivity contribution is 6.38. The maximum atomic E-state index is 14.2. The molecule has 0 aromatic carbocycles. The first kappa shape index (κ1) is 40.3. The van der Waals surface area contributed by atoms with Crippen LogP contribution in [0.5, 0.6) is 0 Å². The van der Waals surface area contributed by atoms with Crippen LogP contribution < -0.4 is 21.3 Å². The third kappa shape index (κ3) is 11.7. The first-order valence-corrected chi connectivity index (χ1v) is 16.3. The summed E-state index contributed by atoms with van der Waals surface area (Å²) in [4.78, 5) is 81.1. The van der Waals surface area contributed by atoms with Gasteiger partial charge < -0.3 is 35.8 Å². The molecule has 0 saturated carbocycles. The predicted octanol–water partition coefficient (Wildman–Crippen LogP) is 2.75. The number of urea groups is 1. The normalized spacial score (nSPS) is 20.2. The van der Waals surface area contributed by atoms with Gasteiger partial charge in [0.2, 0.25) is 17.6 Å². The van der Waals surface area contributed by atoms with Gasteiger partial charge in [0.25, 0.3) is 5.91 Å². The lowest BCUT2D eigenvalue weighted by atomic mass is 9.85. The number of Topliss-reactive ketones (excluding diaryl/α,β-unsaturated/α-hetero) is 1. The molecule has 5 atom stereocenters. The Morgan fingerprint density at radius 1 is 1.04 bits per heavy atom. The molecule has 13 nitrogen and oxygen atoms in total. The van der Waals surface area contributed by atoms with Crippen molar-refractivity contribution in [2.24, 2.45) is 23.2 Å². The molecule has 2 saturated heterocycles. The smallest absolute Gasteiger partial charge is 0.410 e. The number of ketones is 1. The molecule has 272 valence electrons. The Labute approximate surface area is 280 Å². The number of likely N-dealkylation sites (tertiary alicyclic amines) is 1. The van der Waals surface area contributed by atoms with Gasteiger partial charge in [-0.15, -0.1) is 6.58 Å². The summed E-state index contributed by atoms with van der Waals surface area (Å²) in [7, 11) is 0. The lowest BCUT2D eigenvalue weighted by Gasteiger charge is -2.36. The summed E-state index contributed by atoms with van der Waals surface area (Å²) >= 11 is 0. The maximum Gasteiger partial charge on any atom is 0.410 e. The van der Waals surface area contributed by atoms with Gasteiger partial charge in [-0.05, 0) is 36.0 Å². The van der Waals surface area contributed by atoms with E-state index < -0.39 is 84.2 Å². The van der Waals surface area contributed by atoms with Crippen LogP contribution in [0.25, 0.3) is 0 Å². The highest BCUT2D eigenvalue weighted by atomic mass is 19.4. The van der Waals surface area contributed by atoms with Gasteiger partial charge in [-0.1, -0.05) is 54.5 Å². The van der Waals surface area contributed by atoms with Crippen molar-refractivity contribution >= 4 is 35.6 Å². The number of ether oxygens (including phenoxy) is 1. The lowest BCUT2D eigenvalue weighted by molar-refractivity contribution is -0.147. The highest BCUT2D eigenvalue weighted by Crippen LogP contribution is 2.32. The molecule has 48 heavy (non-hydrogen) atoms. The first-order valence-electron chi connectivity index (χ1n) is 16.3. The fourth-order valence-corrected chi connectivity index (χ4v) is 5.51. The van der Waals surface area contributed by atoms with Crippen molar-refractivity contribution in [3.63, 3.8) is 0 Å². The number of hydrogen-bond acceptors (Lipinski definition) is 7. The molecule has 0 aliphatic carbocycles. The van der Waals surface area contributed by atoms with Crippen molar-refractivity contribution in [1.82, 2.24) is 31.1 Å². The van der Waals surface area contributed by atoms with Crippen molar-refractivity contribution in [3.8, 4) is 0 Å². The van der Waals surface area contributed by atoms with Gasteiger partial charge in [0, 0.05) is 26.1 Å². The third-order valence-electron chi connectivity index (χ3n) is 8.61. The standard InChI is InChI=1S/C32H51F3N6O7/c1-9-12-36-27(44)24(42)21(10-11-32(33,34)35)37-26(43)23-15-20(18(2)3)16-41(23)28(45)25(31(6,7)8)39-29(46)38-22(19(4)5)17-40-13-14-48-30(40)47/h9,18-23,25H,1,10-17H2,2-8H3,(H,36,44)(H,37,43)(H2,38,39,46)/t20-,21?,22-,23+,25-/m1/s1. The van der Waals surface area contributed by atoms with Gasteiger partial charge in [0.1, 0.15) is 18.7 Å². The van der Waals surface area contributed by atoms with E-state index in [1.807, 2.05) is 27.7 Å². The summed E-state index contributed by atoms with van der Waals surface area (Å²) in [5.74, 6) is -4.14. The van der Waals surface area contributed by atoms with Crippen LogP contribution >= 0.6 is 0 Å². The van der Waals surface area contributed by atoms with Crippen LogP contribution in [0, 0.1) is 23.2 Å². The van der Waals surface area contributed by atoms with E-state index in [4.69, 9.17) is 4.74 Å². The Morgan fingerprint density at radius 2 is 1.69 bits per heavy atom. The van der Waals surface area contributed by atoms with Crippen LogP contribution in [0.1, 0.15) is 67.7 Å². The molecule has 2 heterocycles. The molecule has 2 fully saturated rings. The molecular formula is C32H51F3N6O7. The third-order valence-corrected chi connectivity index (χ3v) is 8.61. The highest BCUT2D eigenvalue weighted by Gasteiger charge is 2.46. The summed E-state index contributed by atoms with van der Waals surface area (Å²) in [6, 6.07) is -5.25. The van der Waals surface area contributed by atoms with Gasteiger partial charge in [0.05, 0.1) is 18.6 Å². The van der Waals surface area contributed by atoms with E-state index in [-0.39, 0.29) is 50.4 Å². The van der Waals surface area contributed by atoms with Crippen LogP contribution in [-0.2, 0) is 23.9 Å². The number of carbonyl (C=O) groups excluding carboxylic acids is 6. The molecule has 2 aliphatic rings. The van der Waals surface area contributed by atoms with Gasteiger partial charge in [0.15, 0.2) is 0 Å². The quantitative estimate of drug-likeness (QED) is 0.152. The SMILES string of the molecule is C=CCNC(=O)C(=O)C(CCC(F)(F)F)NC(=O)[C@@H]1C[C@@H](C(C)C)CN1C(=O)[C@@H](NC(=O)N[C@H](CN1CCOC1=O)C(C)C)C(C)(C)C. The molecular weight excluding hydrogens is 637 g/mol. The van der Waals surface area contributed by atoms with E-state index in [0.717, 1.165) is 0 Å². The molecule has 16 heteroatoms. The molecule has 4 N–H and O–H groups in total. The predicted molar refractivity (Wildman–Crippen MR) is 170 cm³/mol. The molecule has 2 aliphatic heterocycles. The van der Waals surface area contributed by atoms with Gasteiger partial charge in [-0.3, -0.25) is 19.2 Å². The minimum atomic E-state index is -4.66. The van der Waals surface area contributed by atoms with E-state index in [1.165, 1.54) is 15.9 Å². The van der Waals surface area contributed by atoms with E-state index >= 15 is 0 Å². The monoisotopic (exact) mass is 688 g/mol. The van der Waals surface area contributed by atoms with Crippen molar-refractivity contribution in [1.29, 1.82) is 0 Å². The van der Waals surface area contributed by atoms with Crippen molar-refractivity contribution < 1.29 is 46.7 Å². The second kappa shape index (κ2) is 17.0. The lowest BCUT2D eigenvalue weighted by Crippen LogP contribution is -2.61. The van der Waals surface area contributed by atoms with Crippen LogP contribution in [0.2, 0.25) is 0 Å². The Kier molecular flexibility index (Phi) is 14.3. The fraction of sp³-hybridized carbons (Fsp3) is 0.750. The number of nitrogens with zero attached hydrogens (tertiary/aromatic N) is 2. The molecule has 1 unspecified atom stereocenters. The minimum absolute atomic E-state index is 0.0128. The van der Waals surface area contributed by atoms with Gasteiger partial charge in [-0.25, -0.2) is 9.59 Å². The second-order valence-electron chi connectivity index (χ2n) is 14.2. The zero-order valence-electron chi connectivity index (χ0n) is 28.9. The molecule has 6 amide bonds. The minimum Gasteiger partial charge on any atom is -0.448 e. The summed E-state index contributed by atoms with van der Waals surface area (Å²) in [5.41, 5.74) is -0.855. The fourth-order valence-electron chi connectivity index (χ4n) is 5.51. The Morgan fingerprint density at radius 3 is 2.19 bits per heavy atom. The van der Waals surface area contributed by atoms with Crippen LogP contribution in [0.4, 0.5) is 22.8 Å². The first-order chi connectivity index (χ1) is 22.2. The topological polar surface area (TPSA) is 166 Å². The Hall–Kier alpha value is -3.85. The maximum absolute atomic E-state index is 14.2. The Balaban J connectivity index is 2.31. The van der Waals surface area contributed by atoms with Crippen molar-refractivity contribution in [2.75, 3.05) is 32.8 Å². The van der Waals surface area contributed by atoms with E-state index in [9.17, 15) is 41.9 Å². The molecule has 0 aromatic rings. The summed E-state index contributed by atoms with van der Waals surface area (Å²) in [5, 5.41) is 10.1. The number of cyclic esters (lactones) is 1. The van der Waals surface area contributed by atoms with Crippen LogP contribution in [-0.4, -0.2) is 109 Å².